The van der Waals surface area contributed by atoms with Gasteiger partial charge in [0.25, 0.3) is 0 Å². The Hall–Kier alpha value is -1.70. The van der Waals surface area contributed by atoms with Gasteiger partial charge < -0.3 is 9.84 Å². The van der Waals surface area contributed by atoms with Crippen molar-refractivity contribution in [2.75, 3.05) is 19.8 Å². The fourth-order valence-corrected chi connectivity index (χ4v) is 2.69. The molecule has 0 saturated carbocycles. The molecule has 0 fully saturated rings. The first-order valence-corrected chi connectivity index (χ1v) is 8.02. The highest BCUT2D eigenvalue weighted by Gasteiger charge is 2.13. The van der Waals surface area contributed by atoms with Crippen molar-refractivity contribution >= 4 is 22.1 Å². The fraction of sp³-hybridized carbons (Fsp3) is 0.357. The molecule has 1 rings (SSSR count). The third kappa shape index (κ3) is 6.52. The maximum Gasteiger partial charge on any atom is 0.328 e. The molecule has 0 heterocycles. The van der Waals surface area contributed by atoms with Crippen LogP contribution >= 0.6 is 0 Å². The van der Waals surface area contributed by atoms with Crippen molar-refractivity contribution in [2.45, 2.75) is 18.2 Å². The number of sulfonamides is 1. The number of benzene rings is 1. The van der Waals surface area contributed by atoms with Crippen LogP contribution in [-0.4, -0.2) is 39.3 Å². The zero-order valence-electron chi connectivity index (χ0n) is 11.8. The molecular formula is C14H19NO5S. The molecule has 116 valence electrons. The van der Waals surface area contributed by atoms with Gasteiger partial charge in [0.2, 0.25) is 10.0 Å². The standard InChI is InChI=1S/C14H19NO5S/c1-2-20-10-4-9-15-21(18,19)13-6-3-5-12(11-13)7-8-14(16)17/h3,5-8,11,15H,2,4,9-10H2,1H3,(H,16,17). The van der Waals surface area contributed by atoms with E-state index in [4.69, 9.17) is 9.84 Å². The second-order valence-corrected chi connectivity index (χ2v) is 5.96. The van der Waals surface area contributed by atoms with E-state index in [-0.39, 0.29) is 11.4 Å². The molecule has 1 aromatic rings. The first kappa shape index (κ1) is 17.4. The van der Waals surface area contributed by atoms with Gasteiger partial charge in [0.1, 0.15) is 0 Å². The smallest absolute Gasteiger partial charge is 0.328 e. The fourth-order valence-electron chi connectivity index (χ4n) is 1.56. The summed E-state index contributed by atoms with van der Waals surface area (Å²) in [6.07, 6.45) is 2.89. The Balaban J connectivity index is 2.70. The summed E-state index contributed by atoms with van der Waals surface area (Å²) >= 11 is 0. The summed E-state index contributed by atoms with van der Waals surface area (Å²) < 4.78 is 31.7. The molecule has 0 aliphatic carbocycles. The van der Waals surface area contributed by atoms with E-state index >= 15 is 0 Å². The molecule has 0 unspecified atom stereocenters. The van der Waals surface area contributed by atoms with E-state index in [2.05, 4.69) is 4.72 Å². The topological polar surface area (TPSA) is 92.7 Å². The Labute approximate surface area is 124 Å². The maximum absolute atomic E-state index is 12.1. The molecule has 7 heteroatoms. The van der Waals surface area contributed by atoms with Crippen molar-refractivity contribution in [1.82, 2.24) is 4.72 Å². The number of hydrogen-bond acceptors (Lipinski definition) is 4. The van der Waals surface area contributed by atoms with Crippen molar-refractivity contribution in [2.24, 2.45) is 0 Å². The van der Waals surface area contributed by atoms with Crippen molar-refractivity contribution in [1.29, 1.82) is 0 Å². The van der Waals surface area contributed by atoms with E-state index in [9.17, 15) is 13.2 Å². The van der Waals surface area contributed by atoms with E-state index in [1.165, 1.54) is 18.2 Å². The molecule has 0 spiro atoms. The molecule has 0 atom stereocenters. The summed E-state index contributed by atoms with van der Waals surface area (Å²) in [5.41, 5.74) is 0.509. The third-order valence-corrected chi connectivity index (χ3v) is 4.01. The van der Waals surface area contributed by atoms with Crippen LogP contribution < -0.4 is 4.72 Å². The molecule has 1 aromatic carbocycles. The second kappa shape index (κ2) is 8.56. The van der Waals surface area contributed by atoms with Crippen LogP contribution in [-0.2, 0) is 19.6 Å². The SMILES string of the molecule is CCOCCCNS(=O)(=O)c1cccc(C=CC(=O)O)c1. The first-order chi connectivity index (χ1) is 9.95. The largest absolute Gasteiger partial charge is 0.478 e. The van der Waals surface area contributed by atoms with E-state index < -0.39 is 16.0 Å². The summed E-state index contributed by atoms with van der Waals surface area (Å²) in [6, 6.07) is 6.08. The van der Waals surface area contributed by atoms with Crippen LogP contribution in [0.2, 0.25) is 0 Å². The van der Waals surface area contributed by atoms with Crippen LogP contribution in [0.4, 0.5) is 0 Å². The molecule has 0 aromatic heterocycles. The van der Waals surface area contributed by atoms with Crippen LogP contribution in [0.5, 0.6) is 0 Å². The number of carboxylic acids is 1. The second-order valence-electron chi connectivity index (χ2n) is 4.19. The molecule has 0 radical (unpaired) electrons. The lowest BCUT2D eigenvalue weighted by Gasteiger charge is -2.07. The molecule has 0 bridgehead atoms. The minimum atomic E-state index is -3.60. The number of nitrogens with one attached hydrogen (secondary N) is 1. The van der Waals surface area contributed by atoms with Crippen molar-refractivity contribution in [3.63, 3.8) is 0 Å². The van der Waals surface area contributed by atoms with Crippen molar-refractivity contribution in [3.8, 4) is 0 Å². The summed E-state index contributed by atoms with van der Waals surface area (Å²) in [5.74, 6) is -1.09. The quantitative estimate of drug-likeness (QED) is 0.532. The minimum absolute atomic E-state index is 0.103. The highest BCUT2D eigenvalue weighted by molar-refractivity contribution is 7.89. The first-order valence-electron chi connectivity index (χ1n) is 6.54. The highest BCUT2D eigenvalue weighted by Crippen LogP contribution is 2.12. The number of hydrogen-bond donors (Lipinski definition) is 2. The molecule has 6 nitrogen and oxygen atoms in total. The van der Waals surface area contributed by atoms with Gasteiger partial charge in [-0.1, -0.05) is 12.1 Å². The molecular weight excluding hydrogens is 294 g/mol. The van der Waals surface area contributed by atoms with Gasteiger partial charge in [-0.25, -0.2) is 17.9 Å². The van der Waals surface area contributed by atoms with E-state index in [0.29, 0.717) is 25.2 Å². The molecule has 0 aliphatic rings. The van der Waals surface area contributed by atoms with Gasteiger partial charge in [0.05, 0.1) is 4.90 Å². The van der Waals surface area contributed by atoms with Gasteiger partial charge in [0.15, 0.2) is 0 Å². The Kier molecular flexibility index (Phi) is 7.07. The van der Waals surface area contributed by atoms with Crippen LogP contribution in [0.3, 0.4) is 0 Å². The predicted octanol–water partition coefficient (Wildman–Crippen LogP) is 1.49. The lowest BCUT2D eigenvalue weighted by Crippen LogP contribution is -2.25. The molecule has 0 amide bonds. The summed E-state index contributed by atoms with van der Waals surface area (Å²) in [5, 5.41) is 8.56. The Morgan fingerprint density at radius 1 is 1.43 bits per heavy atom. The van der Waals surface area contributed by atoms with Crippen molar-refractivity contribution < 1.29 is 23.1 Å². The summed E-state index contributed by atoms with van der Waals surface area (Å²) in [6.45, 7) is 3.27. The maximum atomic E-state index is 12.1. The predicted molar refractivity (Wildman–Crippen MR) is 79.4 cm³/mol. The number of ether oxygens (including phenoxy) is 1. The molecule has 2 N–H and O–H groups in total. The number of rotatable bonds is 9. The van der Waals surface area contributed by atoms with Gasteiger partial charge in [-0.2, -0.15) is 0 Å². The lowest BCUT2D eigenvalue weighted by atomic mass is 10.2. The van der Waals surface area contributed by atoms with Gasteiger partial charge >= 0.3 is 5.97 Å². The van der Waals surface area contributed by atoms with Crippen molar-refractivity contribution in [3.05, 3.63) is 35.9 Å². The van der Waals surface area contributed by atoms with Gasteiger partial charge in [0, 0.05) is 25.8 Å². The van der Waals surface area contributed by atoms with Gasteiger partial charge in [-0.3, -0.25) is 0 Å². The number of carbonyl (C=O) groups is 1. The highest BCUT2D eigenvalue weighted by atomic mass is 32.2. The van der Waals surface area contributed by atoms with Crippen LogP contribution in [0.15, 0.2) is 35.2 Å². The number of aliphatic carboxylic acids is 1. The molecule has 21 heavy (non-hydrogen) atoms. The van der Waals surface area contributed by atoms with E-state index in [1.807, 2.05) is 6.92 Å². The van der Waals surface area contributed by atoms with E-state index in [1.54, 1.807) is 12.1 Å². The minimum Gasteiger partial charge on any atom is -0.478 e. The summed E-state index contributed by atoms with van der Waals surface area (Å²) in [4.78, 5) is 10.6. The van der Waals surface area contributed by atoms with Gasteiger partial charge in [-0.05, 0) is 37.1 Å². The number of carboxylic acid groups (broad SMARTS) is 1. The lowest BCUT2D eigenvalue weighted by molar-refractivity contribution is -0.131. The average Bonchev–Trinajstić information content (AvgIpc) is 2.45. The normalized spacial score (nSPS) is 11.9. The monoisotopic (exact) mass is 313 g/mol. The Morgan fingerprint density at radius 2 is 2.19 bits per heavy atom. The Morgan fingerprint density at radius 3 is 2.86 bits per heavy atom. The Bertz CT molecular complexity index is 595. The van der Waals surface area contributed by atoms with Crippen LogP contribution in [0.1, 0.15) is 18.9 Å². The zero-order chi connectivity index (χ0) is 15.7. The third-order valence-electron chi connectivity index (χ3n) is 2.55. The summed E-state index contributed by atoms with van der Waals surface area (Å²) in [7, 11) is -3.60. The average molecular weight is 313 g/mol. The van der Waals surface area contributed by atoms with E-state index in [0.717, 1.165) is 6.08 Å². The van der Waals surface area contributed by atoms with Crippen LogP contribution in [0, 0.1) is 0 Å². The molecule has 0 aliphatic heterocycles. The van der Waals surface area contributed by atoms with Gasteiger partial charge in [-0.15, -0.1) is 0 Å². The zero-order valence-corrected chi connectivity index (χ0v) is 12.6. The molecule has 0 saturated heterocycles. The van der Waals surface area contributed by atoms with Crippen LogP contribution in [0.25, 0.3) is 6.08 Å².